The van der Waals surface area contributed by atoms with Gasteiger partial charge in [-0.15, -0.1) is 12.4 Å². The number of aliphatic hydroxyl groups excluding tert-OH is 1. The minimum absolute atomic E-state index is 0. The normalized spacial score (nSPS) is 12.6. The number of aromatic nitrogens is 1. The van der Waals surface area contributed by atoms with Gasteiger partial charge < -0.3 is 10.0 Å². The molecule has 0 aliphatic carbocycles. The lowest BCUT2D eigenvalue weighted by Crippen LogP contribution is -2.31. The summed E-state index contributed by atoms with van der Waals surface area (Å²) in [5.74, 6) is 0. The molecule has 0 aliphatic rings. The van der Waals surface area contributed by atoms with Crippen molar-refractivity contribution in [3.8, 4) is 11.3 Å². The highest BCUT2D eigenvalue weighted by Gasteiger charge is 2.34. The van der Waals surface area contributed by atoms with E-state index in [2.05, 4.69) is 23.7 Å². The molecule has 0 bridgehead atoms. The predicted octanol–water partition coefficient (Wildman–Crippen LogP) is 10.3. The molecule has 0 fully saturated rings. The van der Waals surface area contributed by atoms with Crippen LogP contribution in [0.2, 0.25) is 5.02 Å². The number of hydrogen-bond acceptors (Lipinski definition) is 3. The van der Waals surface area contributed by atoms with Crippen LogP contribution in [-0.2, 0) is 6.18 Å². The van der Waals surface area contributed by atoms with Crippen molar-refractivity contribution in [2.45, 2.75) is 90.3 Å². The zero-order valence-corrected chi connectivity index (χ0v) is 25.2. The maximum absolute atomic E-state index is 14.0. The Balaban J connectivity index is 0.00000560. The van der Waals surface area contributed by atoms with Crippen LogP contribution < -0.4 is 0 Å². The Bertz CT molecular complexity index is 1140. The maximum atomic E-state index is 14.0. The van der Waals surface area contributed by atoms with E-state index in [0.717, 1.165) is 44.8 Å². The molecule has 1 atom stereocenters. The zero-order valence-electron chi connectivity index (χ0n) is 23.7. The Hall–Kier alpha value is -1.86. The number of halogens is 5. The molecule has 1 unspecified atom stereocenters. The highest BCUT2D eigenvalue weighted by atomic mass is 35.5. The SMILES string of the molecule is CCCCCCCN(CCCCCCC)CC(O)c1cc(-c2ccc(Cl)cc2)nc2c(C(F)(F)F)cccc12.Cl. The molecule has 0 spiro atoms. The lowest BCUT2D eigenvalue weighted by molar-refractivity contribution is -0.136. The van der Waals surface area contributed by atoms with Crippen molar-refractivity contribution >= 4 is 34.9 Å². The Morgan fingerprint density at radius 3 is 1.98 bits per heavy atom. The first-order valence-corrected chi connectivity index (χ1v) is 14.8. The van der Waals surface area contributed by atoms with Crippen LogP contribution in [0.3, 0.4) is 0 Å². The minimum Gasteiger partial charge on any atom is -0.387 e. The van der Waals surface area contributed by atoms with Crippen molar-refractivity contribution in [2.24, 2.45) is 0 Å². The number of alkyl halides is 3. The number of aliphatic hydroxyl groups is 1. The summed E-state index contributed by atoms with van der Waals surface area (Å²) in [4.78, 5) is 6.71. The maximum Gasteiger partial charge on any atom is 0.418 e. The summed E-state index contributed by atoms with van der Waals surface area (Å²) in [6.07, 6.45) is 6.08. The smallest absolute Gasteiger partial charge is 0.387 e. The summed E-state index contributed by atoms with van der Waals surface area (Å²) in [5.41, 5.74) is 0.564. The number of pyridine rings is 1. The van der Waals surface area contributed by atoms with Gasteiger partial charge in [-0.25, -0.2) is 4.98 Å². The summed E-state index contributed by atoms with van der Waals surface area (Å²) < 4.78 is 41.9. The van der Waals surface area contributed by atoms with Gasteiger partial charge in [0.25, 0.3) is 0 Å². The van der Waals surface area contributed by atoms with Crippen LogP contribution in [0.4, 0.5) is 13.2 Å². The van der Waals surface area contributed by atoms with Gasteiger partial charge in [0.2, 0.25) is 0 Å². The van der Waals surface area contributed by atoms with Crippen molar-refractivity contribution < 1.29 is 18.3 Å². The van der Waals surface area contributed by atoms with Gasteiger partial charge in [0.15, 0.2) is 0 Å². The van der Waals surface area contributed by atoms with E-state index < -0.39 is 17.8 Å². The van der Waals surface area contributed by atoms with Gasteiger partial charge in [-0.2, -0.15) is 13.2 Å². The molecule has 3 aromatic rings. The molecular formula is C32H43Cl2F3N2O. The first-order chi connectivity index (χ1) is 18.7. The molecule has 8 heteroatoms. The number of para-hydroxylation sites is 1. The molecule has 0 saturated heterocycles. The Morgan fingerprint density at radius 2 is 1.43 bits per heavy atom. The van der Waals surface area contributed by atoms with E-state index in [0.29, 0.717) is 33.8 Å². The number of hydrogen-bond donors (Lipinski definition) is 1. The standard InChI is InChI=1S/C32H42ClF3N2O.ClH/c1-3-5-7-9-11-20-38(21-12-10-8-6-4-2)23-30(39)27-22-29(24-16-18-25(33)19-17-24)37-31-26(27)14-13-15-28(31)32(34,35)36;/h13-19,22,30,39H,3-12,20-21,23H2,1-2H3;1H. The van der Waals surface area contributed by atoms with Gasteiger partial charge in [-0.1, -0.05) is 101 Å². The molecule has 2 aromatic carbocycles. The average molecular weight is 600 g/mol. The summed E-state index contributed by atoms with van der Waals surface area (Å²) in [6.45, 7) is 6.50. The van der Waals surface area contributed by atoms with Crippen molar-refractivity contribution in [3.63, 3.8) is 0 Å². The van der Waals surface area contributed by atoms with E-state index in [4.69, 9.17) is 11.6 Å². The number of fused-ring (bicyclic) bond motifs is 1. The topological polar surface area (TPSA) is 36.4 Å². The summed E-state index contributed by atoms with van der Waals surface area (Å²) in [6, 6.07) is 12.7. The van der Waals surface area contributed by atoms with E-state index in [1.807, 2.05) is 0 Å². The third-order valence-electron chi connectivity index (χ3n) is 7.26. The highest BCUT2D eigenvalue weighted by Crippen LogP contribution is 2.38. The van der Waals surface area contributed by atoms with Gasteiger partial charge in [-0.05, 0) is 55.8 Å². The van der Waals surface area contributed by atoms with Crippen LogP contribution in [0.25, 0.3) is 22.2 Å². The van der Waals surface area contributed by atoms with E-state index in [1.165, 1.54) is 44.6 Å². The summed E-state index contributed by atoms with van der Waals surface area (Å²) in [7, 11) is 0. The van der Waals surface area contributed by atoms with Crippen LogP contribution in [-0.4, -0.2) is 34.6 Å². The monoisotopic (exact) mass is 598 g/mol. The van der Waals surface area contributed by atoms with Gasteiger partial charge in [0.05, 0.1) is 22.9 Å². The average Bonchev–Trinajstić information content (AvgIpc) is 2.91. The molecule has 40 heavy (non-hydrogen) atoms. The molecule has 0 saturated carbocycles. The van der Waals surface area contributed by atoms with Crippen LogP contribution in [0.1, 0.15) is 95.3 Å². The zero-order chi connectivity index (χ0) is 28.3. The Labute approximate surface area is 248 Å². The number of benzene rings is 2. The van der Waals surface area contributed by atoms with E-state index in [-0.39, 0.29) is 17.9 Å². The van der Waals surface area contributed by atoms with Crippen molar-refractivity contribution in [1.82, 2.24) is 9.88 Å². The fourth-order valence-electron chi connectivity index (χ4n) is 5.06. The van der Waals surface area contributed by atoms with E-state index in [1.54, 1.807) is 36.4 Å². The Morgan fingerprint density at radius 1 is 0.850 bits per heavy atom. The molecule has 3 nitrogen and oxygen atoms in total. The molecule has 222 valence electrons. The molecule has 0 aliphatic heterocycles. The molecule has 1 aromatic heterocycles. The third-order valence-corrected chi connectivity index (χ3v) is 7.51. The highest BCUT2D eigenvalue weighted by molar-refractivity contribution is 6.30. The molecule has 0 radical (unpaired) electrons. The Kier molecular flexibility index (Phi) is 14.7. The largest absolute Gasteiger partial charge is 0.418 e. The first-order valence-electron chi connectivity index (χ1n) is 14.4. The second kappa shape index (κ2) is 17.2. The fraction of sp³-hybridized carbons (Fsp3) is 0.531. The van der Waals surface area contributed by atoms with Gasteiger partial charge in [0.1, 0.15) is 0 Å². The van der Waals surface area contributed by atoms with E-state index in [9.17, 15) is 18.3 Å². The summed E-state index contributed by atoms with van der Waals surface area (Å²) in [5, 5.41) is 12.4. The van der Waals surface area contributed by atoms with Crippen molar-refractivity contribution in [3.05, 3.63) is 64.7 Å². The molecule has 3 rings (SSSR count). The number of nitrogens with zero attached hydrogens (tertiary/aromatic N) is 2. The van der Waals surface area contributed by atoms with Crippen LogP contribution in [0.15, 0.2) is 48.5 Å². The molecule has 1 N–H and O–H groups in total. The minimum atomic E-state index is -4.56. The number of rotatable bonds is 16. The van der Waals surface area contributed by atoms with Crippen LogP contribution in [0, 0.1) is 0 Å². The quantitative estimate of drug-likeness (QED) is 0.167. The predicted molar refractivity (Wildman–Crippen MR) is 163 cm³/mol. The van der Waals surface area contributed by atoms with Crippen molar-refractivity contribution in [1.29, 1.82) is 0 Å². The molecular weight excluding hydrogens is 556 g/mol. The lowest BCUT2D eigenvalue weighted by atomic mass is 9.97. The van der Waals surface area contributed by atoms with Gasteiger partial charge in [0, 0.05) is 22.5 Å². The van der Waals surface area contributed by atoms with Crippen LogP contribution >= 0.6 is 24.0 Å². The molecule has 0 amide bonds. The molecule has 1 heterocycles. The third kappa shape index (κ3) is 10.2. The second-order valence-electron chi connectivity index (χ2n) is 10.4. The van der Waals surface area contributed by atoms with E-state index >= 15 is 0 Å². The fourth-order valence-corrected chi connectivity index (χ4v) is 5.19. The second-order valence-corrected chi connectivity index (χ2v) is 10.9. The van der Waals surface area contributed by atoms with Gasteiger partial charge in [-0.3, -0.25) is 0 Å². The van der Waals surface area contributed by atoms with Crippen LogP contribution in [0.5, 0.6) is 0 Å². The van der Waals surface area contributed by atoms with Gasteiger partial charge >= 0.3 is 6.18 Å². The lowest BCUT2D eigenvalue weighted by Gasteiger charge is -2.26. The summed E-state index contributed by atoms with van der Waals surface area (Å²) >= 11 is 6.04. The number of unbranched alkanes of at least 4 members (excludes halogenated alkanes) is 8. The van der Waals surface area contributed by atoms with Crippen molar-refractivity contribution in [2.75, 3.05) is 19.6 Å². The first kappa shape index (κ1) is 34.3.